The lowest BCUT2D eigenvalue weighted by molar-refractivity contribution is 0.566. The van der Waals surface area contributed by atoms with E-state index in [4.69, 9.17) is 11.6 Å². The van der Waals surface area contributed by atoms with E-state index in [1.807, 2.05) is 30.3 Å². The zero-order chi connectivity index (χ0) is 14.8. The molecule has 1 atom stereocenters. The highest BCUT2D eigenvalue weighted by Crippen LogP contribution is 2.23. The van der Waals surface area contributed by atoms with Crippen molar-refractivity contribution in [2.45, 2.75) is 17.9 Å². The second kappa shape index (κ2) is 6.22. The van der Waals surface area contributed by atoms with E-state index in [-0.39, 0.29) is 16.1 Å². The van der Waals surface area contributed by atoms with Crippen LogP contribution in [0.4, 0.5) is 0 Å². The van der Waals surface area contributed by atoms with Gasteiger partial charge in [-0.05, 0) is 34.5 Å². The van der Waals surface area contributed by atoms with Crippen LogP contribution in [0, 0.1) is 0 Å². The van der Waals surface area contributed by atoms with Gasteiger partial charge >= 0.3 is 0 Å². The van der Waals surface area contributed by atoms with Gasteiger partial charge < -0.3 is 0 Å². The van der Waals surface area contributed by atoms with Gasteiger partial charge in [-0.2, -0.15) is 0 Å². The molecule has 106 valence electrons. The van der Waals surface area contributed by atoms with E-state index in [2.05, 4.69) is 25.6 Å². The van der Waals surface area contributed by atoms with Crippen molar-refractivity contribution >= 4 is 37.6 Å². The average molecular weight is 376 g/mol. The number of sulfonamides is 1. The fraction of sp³-hybridized carbons (Fsp3) is 0.154. The first-order chi connectivity index (χ1) is 9.40. The summed E-state index contributed by atoms with van der Waals surface area (Å²) in [6.45, 7) is 1.78. The molecule has 0 spiro atoms. The van der Waals surface area contributed by atoms with Gasteiger partial charge in [0.1, 0.15) is 10.0 Å². The first-order valence-electron chi connectivity index (χ1n) is 5.78. The minimum Gasteiger partial charge on any atom is -0.242 e. The number of aromatic nitrogens is 1. The molecular formula is C13H12BrClN2O2S. The minimum atomic E-state index is -3.65. The van der Waals surface area contributed by atoms with Crippen LogP contribution in [-0.4, -0.2) is 13.4 Å². The molecule has 0 amide bonds. The highest BCUT2D eigenvalue weighted by Gasteiger charge is 2.19. The van der Waals surface area contributed by atoms with Crippen LogP contribution >= 0.6 is 27.5 Å². The van der Waals surface area contributed by atoms with Gasteiger partial charge in [-0.15, -0.1) is 0 Å². The molecule has 2 aromatic rings. The van der Waals surface area contributed by atoms with Crippen molar-refractivity contribution in [2.24, 2.45) is 0 Å². The van der Waals surface area contributed by atoms with E-state index < -0.39 is 10.0 Å². The Morgan fingerprint density at radius 2 is 1.95 bits per heavy atom. The molecule has 0 bridgehead atoms. The predicted molar refractivity (Wildman–Crippen MR) is 82.1 cm³/mol. The van der Waals surface area contributed by atoms with E-state index in [1.165, 1.54) is 12.3 Å². The predicted octanol–water partition coefficient (Wildman–Crippen LogP) is 3.54. The van der Waals surface area contributed by atoms with Gasteiger partial charge in [0.15, 0.2) is 0 Å². The molecule has 1 aromatic carbocycles. The van der Waals surface area contributed by atoms with Crippen LogP contribution in [0.3, 0.4) is 0 Å². The second-order valence-electron chi connectivity index (χ2n) is 4.20. The molecule has 4 nitrogen and oxygen atoms in total. The number of halogens is 2. The van der Waals surface area contributed by atoms with Crippen molar-refractivity contribution in [3.05, 3.63) is 57.8 Å². The molecule has 0 fully saturated rings. The highest BCUT2D eigenvalue weighted by molar-refractivity contribution is 9.10. The molecule has 1 unspecified atom stereocenters. The Kier molecular flexibility index (Phi) is 4.80. The summed E-state index contributed by atoms with van der Waals surface area (Å²) in [7, 11) is -3.65. The quantitative estimate of drug-likeness (QED) is 0.832. The normalized spacial score (nSPS) is 13.2. The number of hydrogen-bond donors (Lipinski definition) is 1. The fourth-order valence-corrected chi connectivity index (χ4v) is 3.47. The topological polar surface area (TPSA) is 59.1 Å². The summed E-state index contributed by atoms with van der Waals surface area (Å²) in [5, 5.41) is 0.222. The molecule has 0 saturated carbocycles. The SMILES string of the molecule is CC(NS(=O)(=O)c1cnc(Cl)c(Br)c1)c1ccccc1. The van der Waals surface area contributed by atoms with E-state index in [0.29, 0.717) is 4.47 Å². The molecule has 0 aliphatic rings. The Balaban J connectivity index is 2.25. The number of nitrogens with one attached hydrogen (secondary N) is 1. The number of hydrogen-bond acceptors (Lipinski definition) is 3. The van der Waals surface area contributed by atoms with Crippen LogP contribution in [0.5, 0.6) is 0 Å². The number of benzene rings is 1. The van der Waals surface area contributed by atoms with Gasteiger partial charge in [0.2, 0.25) is 10.0 Å². The summed E-state index contributed by atoms with van der Waals surface area (Å²) < 4.78 is 27.6. The number of nitrogens with zero attached hydrogens (tertiary/aromatic N) is 1. The zero-order valence-corrected chi connectivity index (χ0v) is 13.7. The summed E-state index contributed by atoms with van der Waals surface area (Å²) >= 11 is 8.92. The zero-order valence-electron chi connectivity index (χ0n) is 10.5. The van der Waals surface area contributed by atoms with Crippen LogP contribution in [0.2, 0.25) is 5.15 Å². The Morgan fingerprint density at radius 1 is 1.30 bits per heavy atom. The summed E-state index contributed by atoms with van der Waals surface area (Å²) in [6.07, 6.45) is 1.23. The molecule has 0 radical (unpaired) electrons. The number of rotatable bonds is 4. The molecule has 0 aliphatic heterocycles. The minimum absolute atomic E-state index is 0.0663. The lowest BCUT2D eigenvalue weighted by atomic mass is 10.1. The third-order valence-corrected chi connectivity index (χ3v) is 5.35. The van der Waals surface area contributed by atoms with E-state index in [9.17, 15) is 8.42 Å². The summed E-state index contributed by atoms with van der Waals surface area (Å²) in [5.41, 5.74) is 0.886. The van der Waals surface area contributed by atoms with Gasteiger partial charge in [0.25, 0.3) is 0 Å². The molecule has 1 aromatic heterocycles. The van der Waals surface area contributed by atoms with Gasteiger partial charge in [0, 0.05) is 12.2 Å². The van der Waals surface area contributed by atoms with E-state index >= 15 is 0 Å². The van der Waals surface area contributed by atoms with Crippen LogP contribution in [0.1, 0.15) is 18.5 Å². The maximum absolute atomic E-state index is 12.3. The summed E-state index contributed by atoms with van der Waals surface area (Å²) in [5.74, 6) is 0. The molecule has 0 saturated heterocycles. The van der Waals surface area contributed by atoms with Gasteiger partial charge in [-0.3, -0.25) is 0 Å². The Morgan fingerprint density at radius 3 is 2.55 bits per heavy atom. The van der Waals surface area contributed by atoms with E-state index in [1.54, 1.807) is 6.92 Å². The van der Waals surface area contributed by atoms with Crippen LogP contribution in [0.15, 0.2) is 52.0 Å². The molecule has 2 rings (SSSR count). The van der Waals surface area contributed by atoms with Crippen molar-refractivity contribution in [1.29, 1.82) is 0 Å². The van der Waals surface area contributed by atoms with Gasteiger partial charge in [-0.1, -0.05) is 41.9 Å². The molecule has 1 N–H and O–H groups in total. The molecule has 1 heterocycles. The van der Waals surface area contributed by atoms with Crippen molar-refractivity contribution in [3.63, 3.8) is 0 Å². The Hall–Kier alpha value is -0.950. The van der Waals surface area contributed by atoms with Crippen molar-refractivity contribution in [1.82, 2.24) is 9.71 Å². The first-order valence-corrected chi connectivity index (χ1v) is 8.44. The van der Waals surface area contributed by atoms with Crippen LogP contribution in [0.25, 0.3) is 0 Å². The molecular weight excluding hydrogens is 364 g/mol. The Labute approximate surface area is 131 Å². The standard InChI is InChI=1S/C13H12BrClN2O2S/c1-9(10-5-3-2-4-6-10)17-20(18,19)11-7-12(14)13(15)16-8-11/h2-9,17H,1H3. The number of pyridine rings is 1. The molecule has 7 heteroatoms. The smallest absolute Gasteiger partial charge is 0.242 e. The first kappa shape index (κ1) is 15.4. The van der Waals surface area contributed by atoms with Crippen molar-refractivity contribution in [2.75, 3.05) is 0 Å². The Bertz CT molecular complexity index is 708. The van der Waals surface area contributed by atoms with Crippen molar-refractivity contribution < 1.29 is 8.42 Å². The highest BCUT2D eigenvalue weighted by atomic mass is 79.9. The van der Waals surface area contributed by atoms with Gasteiger partial charge in [-0.25, -0.2) is 18.1 Å². The monoisotopic (exact) mass is 374 g/mol. The van der Waals surface area contributed by atoms with Crippen LogP contribution in [-0.2, 0) is 10.0 Å². The summed E-state index contributed by atoms with van der Waals surface area (Å²) in [4.78, 5) is 3.89. The maximum atomic E-state index is 12.3. The lowest BCUT2D eigenvalue weighted by Crippen LogP contribution is -2.27. The van der Waals surface area contributed by atoms with Crippen LogP contribution < -0.4 is 4.72 Å². The maximum Gasteiger partial charge on any atom is 0.242 e. The van der Waals surface area contributed by atoms with E-state index in [0.717, 1.165) is 5.56 Å². The third-order valence-electron chi connectivity index (χ3n) is 2.71. The second-order valence-corrected chi connectivity index (χ2v) is 7.12. The average Bonchev–Trinajstić information content (AvgIpc) is 2.42. The lowest BCUT2D eigenvalue weighted by Gasteiger charge is -2.14. The van der Waals surface area contributed by atoms with Crippen molar-refractivity contribution in [3.8, 4) is 0 Å². The third kappa shape index (κ3) is 3.58. The summed E-state index contributed by atoms with van der Waals surface area (Å²) in [6, 6.07) is 10.4. The molecule has 0 aliphatic carbocycles. The van der Waals surface area contributed by atoms with Gasteiger partial charge in [0.05, 0.1) is 4.47 Å². The molecule has 20 heavy (non-hydrogen) atoms. The fourth-order valence-electron chi connectivity index (χ4n) is 1.66. The largest absolute Gasteiger partial charge is 0.242 e.